The first-order valence-corrected chi connectivity index (χ1v) is 8.85. The van der Waals surface area contributed by atoms with Crippen molar-refractivity contribution < 1.29 is 9.59 Å². The number of likely N-dealkylation sites (tertiary alicyclic amines) is 1. The lowest BCUT2D eigenvalue weighted by molar-refractivity contribution is -0.145. The Kier molecular flexibility index (Phi) is 7.02. The molecule has 22 heavy (non-hydrogen) atoms. The second-order valence-corrected chi connectivity index (χ2v) is 8.28. The lowest BCUT2D eigenvalue weighted by Gasteiger charge is -2.34. The van der Waals surface area contributed by atoms with E-state index in [-0.39, 0.29) is 41.7 Å². The molecule has 0 bridgehead atoms. The van der Waals surface area contributed by atoms with Gasteiger partial charge in [-0.1, -0.05) is 20.8 Å². The third-order valence-electron chi connectivity index (χ3n) is 4.02. The lowest BCUT2D eigenvalue weighted by atomic mass is 9.91. The standard InChI is InChI=1S/C15H27N3O2S.ClH/c1-15(2,3)8-13(19)18-10-21-9-12(18)14(20)17-6-4-11(16)5-7-17;/h11-12H,4-10,16H2,1-3H3;1H. The van der Waals surface area contributed by atoms with E-state index in [0.717, 1.165) is 31.7 Å². The second-order valence-electron chi connectivity index (χ2n) is 7.28. The Morgan fingerprint density at radius 3 is 2.36 bits per heavy atom. The van der Waals surface area contributed by atoms with Crippen molar-refractivity contribution in [3.63, 3.8) is 0 Å². The van der Waals surface area contributed by atoms with Crippen LogP contribution in [-0.2, 0) is 9.59 Å². The van der Waals surface area contributed by atoms with Gasteiger partial charge >= 0.3 is 0 Å². The monoisotopic (exact) mass is 349 g/mol. The van der Waals surface area contributed by atoms with Crippen molar-refractivity contribution in [1.29, 1.82) is 0 Å². The van der Waals surface area contributed by atoms with Crippen molar-refractivity contribution in [2.24, 2.45) is 11.1 Å². The molecule has 2 aliphatic rings. The molecule has 0 aromatic heterocycles. The highest BCUT2D eigenvalue weighted by Gasteiger charge is 2.38. The number of nitrogens with two attached hydrogens (primary N) is 1. The molecular formula is C15H28ClN3O2S. The lowest BCUT2D eigenvalue weighted by Crippen LogP contribution is -2.52. The van der Waals surface area contributed by atoms with Crippen LogP contribution in [0.4, 0.5) is 0 Å². The quantitative estimate of drug-likeness (QED) is 0.824. The first kappa shape index (κ1) is 19.6. The first-order valence-electron chi connectivity index (χ1n) is 7.69. The van der Waals surface area contributed by atoms with E-state index in [1.165, 1.54) is 0 Å². The Morgan fingerprint density at radius 2 is 1.82 bits per heavy atom. The Hall–Kier alpha value is -0.460. The van der Waals surface area contributed by atoms with Gasteiger partial charge in [-0.2, -0.15) is 0 Å². The maximum Gasteiger partial charge on any atom is 0.246 e. The molecule has 0 aliphatic carbocycles. The number of piperidine rings is 1. The molecule has 1 unspecified atom stereocenters. The van der Waals surface area contributed by atoms with Gasteiger partial charge in [0, 0.05) is 31.3 Å². The number of nitrogens with zero attached hydrogens (tertiary/aromatic N) is 2. The van der Waals surface area contributed by atoms with Crippen molar-refractivity contribution in [1.82, 2.24) is 9.80 Å². The molecule has 0 spiro atoms. The summed E-state index contributed by atoms with van der Waals surface area (Å²) in [7, 11) is 0. The summed E-state index contributed by atoms with van der Waals surface area (Å²) in [5, 5.41) is 0. The van der Waals surface area contributed by atoms with Gasteiger partial charge in [-0.25, -0.2) is 0 Å². The van der Waals surface area contributed by atoms with Crippen molar-refractivity contribution >= 4 is 36.0 Å². The summed E-state index contributed by atoms with van der Waals surface area (Å²) >= 11 is 1.67. The summed E-state index contributed by atoms with van der Waals surface area (Å²) < 4.78 is 0. The van der Waals surface area contributed by atoms with Gasteiger partial charge in [0.05, 0.1) is 5.88 Å². The number of hydrogen-bond donors (Lipinski definition) is 1. The third-order valence-corrected chi connectivity index (χ3v) is 5.03. The van der Waals surface area contributed by atoms with Crippen LogP contribution in [0.1, 0.15) is 40.0 Å². The van der Waals surface area contributed by atoms with Crippen LogP contribution >= 0.6 is 24.2 Å². The van der Waals surface area contributed by atoms with Crippen LogP contribution in [0.15, 0.2) is 0 Å². The van der Waals surface area contributed by atoms with Crippen LogP contribution < -0.4 is 5.73 Å². The number of rotatable bonds is 2. The van der Waals surface area contributed by atoms with E-state index >= 15 is 0 Å². The van der Waals surface area contributed by atoms with Gasteiger partial charge in [0.1, 0.15) is 6.04 Å². The summed E-state index contributed by atoms with van der Waals surface area (Å²) in [6.07, 6.45) is 2.21. The molecule has 0 aromatic rings. The molecule has 0 radical (unpaired) electrons. The fourth-order valence-electron chi connectivity index (χ4n) is 2.78. The van der Waals surface area contributed by atoms with Gasteiger partial charge in [-0.15, -0.1) is 24.2 Å². The fourth-order valence-corrected chi connectivity index (χ4v) is 3.95. The zero-order valence-corrected chi connectivity index (χ0v) is 15.3. The SMILES string of the molecule is CC(C)(C)CC(=O)N1CSCC1C(=O)N1CCC(N)CC1.Cl. The van der Waals surface area contributed by atoms with Crippen LogP contribution in [0.3, 0.4) is 0 Å². The zero-order valence-electron chi connectivity index (χ0n) is 13.7. The highest BCUT2D eigenvalue weighted by atomic mass is 35.5. The van der Waals surface area contributed by atoms with E-state index in [4.69, 9.17) is 5.73 Å². The second kappa shape index (κ2) is 7.88. The number of halogens is 1. The molecule has 1 atom stereocenters. The maximum atomic E-state index is 12.7. The summed E-state index contributed by atoms with van der Waals surface area (Å²) in [6.45, 7) is 7.61. The van der Waals surface area contributed by atoms with Crippen molar-refractivity contribution in [3.05, 3.63) is 0 Å². The predicted octanol–water partition coefficient (Wildman–Crippen LogP) is 1.70. The van der Waals surface area contributed by atoms with E-state index in [0.29, 0.717) is 12.3 Å². The van der Waals surface area contributed by atoms with Gasteiger partial charge in [0.15, 0.2) is 0 Å². The number of carbonyl (C=O) groups excluding carboxylic acids is 2. The van der Waals surface area contributed by atoms with E-state index in [9.17, 15) is 9.59 Å². The molecule has 128 valence electrons. The van der Waals surface area contributed by atoms with E-state index in [1.54, 1.807) is 16.7 Å². The summed E-state index contributed by atoms with van der Waals surface area (Å²) in [5.74, 6) is 1.56. The predicted molar refractivity (Wildman–Crippen MR) is 93.1 cm³/mol. The normalized spacial score (nSPS) is 23.4. The Labute approximate surface area is 143 Å². The Bertz CT molecular complexity index is 406. The molecule has 2 aliphatic heterocycles. The average Bonchev–Trinajstić information content (AvgIpc) is 2.86. The summed E-state index contributed by atoms with van der Waals surface area (Å²) in [6, 6.07) is -0.0650. The minimum absolute atomic E-state index is 0. The molecule has 7 heteroatoms. The summed E-state index contributed by atoms with van der Waals surface area (Å²) in [4.78, 5) is 28.8. The summed E-state index contributed by atoms with van der Waals surface area (Å²) in [5.41, 5.74) is 5.84. The minimum atomic E-state index is -0.279. The van der Waals surface area contributed by atoms with Gasteiger partial charge in [-0.3, -0.25) is 9.59 Å². The molecule has 0 aromatic carbocycles. The van der Waals surface area contributed by atoms with E-state index in [1.807, 2.05) is 4.90 Å². The zero-order chi connectivity index (χ0) is 15.6. The molecule has 2 heterocycles. The number of thioether (sulfide) groups is 1. The maximum absolute atomic E-state index is 12.7. The first-order chi connectivity index (χ1) is 9.78. The topological polar surface area (TPSA) is 66.6 Å². The van der Waals surface area contributed by atoms with Crippen LogP contribution in [0.2, 0.25) is 0 Å². The van der Waals surface area contributed by atoms with Crippen molar-refractivity contribution in [2.45, 2.75) is 52.1 Å². The molecule has 2 rings (SSSR count). The molecule has 2 amide bonds. The molecule has 2 saturated heterocycles. The van der Waals surface area contributed by atoms with Crippen LogP contribution in [0.5, 0.6) is 0 Å². The third kappa shape index (κ3) is 5.03. The molecule has 2 fully saturated rings. The van der Waals surface area contributed by atoms with E-state index < -0.39 is 0 Å². The van der Waals surface area contributed by atoms with Crippen molar-refractivity contribution in [3.8, 4) is 0 Å². The van der Waals surface area contributed by atoms with Crippen LogP contribution in [0.25, 0.3) is 0 Å². The van der Waals surface area contributed by atoms with Gasteiger partial charge in [0.2, 0.25) is 11.8 Å². The fraction of sp³-hybridized carbons (Fsp3) is 0.867. The Morgan fingerprint density at radius 1 is 1.23 bits per heavy atom. The number of amides is 2. The highest BCUT2D eigenvalue weighted by molar-refractivity contribution is 7.99. The molecule has 0 saturated carbocycles. The van der Waals surface area contributed by atoms with Gasteiger partial charge in [0.25, 0.3) is 0 Å². The van der Waals surface area contributed by atoms with E-state index in [2.05, 4.69) is 20.8 Å². The van der Waals surface area contributed by atoms with Crippen LogP contribution in [0, 0.1) is 5.41 Å². The van der Waals surface area contributed by atoms with Gasteiger partial charge in [-0.05, 0) is 18.3 Å². The molecular weight excluding hydrogens is 322 g/mol. The van der Waals surface area contributed by atoms with Crippen LogP contribution in [-0.4, -0.2) is 58.4 Å². The average molecular weight is 350 g/mol. The molecule has 2 N–H and O–H groups in total. The molecule has 5 nitrogen and oxygen atoms in total. The number of hydrogen-bond acceptors (Lipinski definition) is 4. The minimum Gasteiger partial charge on any atom is -0.341 e. The smallest absolute Gasteiger partial charge is 0.246 e. The van der Waals surface area contributed by atoms with Gasteiger partial charge < -0.3 is 15.5 Å². The largest absolute Gasteiger partial charge is 0.341 e. The Balaban J connectivity index is 0.00000242. The highest BCUT2D eigenvalue weighted by Crippen LogP contribution is 2.28. The number of carbonyl (C=O) groups is 2. The van der Waals surface area contributed by atoms with Crippen molar-refractivity contribution in [2.75, 3.05) is 24.7 Å².